The molecule has 1 atom stereocenters. The van der Waals surface area contributed by atoms with Crippen molar-refractivity contribution in [2.24, 2.45) is 5.92 Å². The highest BCUT2D eigenvalue weighted by Crippen LogP contribution is 2.35. The second-order valence-corrected chi connectivity index (χ2v) is 4.99. The van der Waals surface area contributed by atoms with Crippen LogP contribution in [0.2, 0.25) is 0 Å². The largest absolute Gasteiger partial charge is 0.0697 e. The van der Waals surface area contributed by atoms with Gasteiger partial charge < -0.3 is 0 Å². The Morgan fingerprint density at radius 1 is 1.29 bits per heavy atom. The van der Waals surface area contributed by atoms with Crippen LogP contribution in [0.15, 0.2) is 22.8 Å². The van der Waals surface area contributed by atoms with E-state index >= 15 is 0 Å². The molecule has 0 heterocycles. The SMILES string of the molecule is CCC1=C(/C=C2/CC[C@H](C)C2)CCC1. The first-order valence-electron chi connectivity index (χ1n) is 6.20. The van der Waals surface area contributed by atoms with Crippen molar-refractivity contribution in [3.8, 4) is 0 Å². The predicted octanol–water partition coefficient (Wildman–Crippen LogP) is 4.62. The predicted molar refractivity (Wildman–Crippen MR) is 62.3 cm³/mol. The maximum Gasteiger partial charge on any atom is -0.0276 e. The average molecular weight is 190 g/mol. The number of allylic oxidation sites excluding steroid dienone is 4. The Kier molecular flexibility index (Phi) is 3.10. The van der Waals surface area contributed by atoms with Crippen LogP contribution in [-0.4, -0.2) is 0 Å². The van der Waals surface area contributed by atoms with Gasteiger partial charge in [0.25, 0.3) is 0 Å². The van der Waals surface area contributed by atoms with Crippen molar-refractivity contribution in [3.05, 3.63) is 22.8 Å². The fourth-order valence-electron chi connectivity index (χ4n) is 2.87. The fraction of sp³-hybridized carbons (Fsp3) is 0.714. The van der Waals surface area contributed by atoms with E-state index in [-0.39, 0.29) is 0 Å². The monoisotopic (exact) mass is 190 g/mol. The van der Waals surface area contributed by atoms with Gasteiger partial charge in [-0.05, 0) is 56.4 Å². The molecule has 78 valence electrons. The van der Waals surface area contributed by atoms with Crippen LogP contribution in [0, 0.1) is 5.92 Å². The summed E-state index contributed by atoms with van der Waals surface area (Å²) in [5.41, 5.74) is 5.15. The Hall–Kier alpha value is -0.520. The van der Waals surface area contributed by atoms with E-state index in [0.717, 1.165) is 5.92 Å². The van der Waals surface area contributed by atoms with Crippen LogP contribution in [0.4, 0.5) is 0 Å². The molecule has 2 aliphatic rings. The van der Waals surface area contributed by atoms with Crippen molar-refractivity contribution in [1.82, 2.24) is 0 Å². The van der Waals surface area contributed by atoms with Gasteiger partial charge in [-0.1, -0.05) is 31.1 Å². The first kappa shape index (κ1) is 10.0. The van der Waals surface area contributed by atoms with Crippen molar-refractivity contribution in [1.29, 1.82) is 0 Å². The molecule has 0 bridgehead atoms. The minimum absolute atomic E-state index is 0.938. The summed E-state index contributed by atoms with van der Waals surface area (Å²) in [5.74, 6) is 0.938. The molecule has 0 unspecified atom stereocenters. The van der Waals surface area contributed by atoms with E-state index in [2.05, 4.69) is 19.9 Å². The van der Waals surface area contributed by atoms with Gasteiger partial charge in [-0.2, -0.15) is 0 Å². The Morgan fingerprint density at radius 3 is 2.79 bits per heavy atom. The normalized spacial score (nSPS) is 30.7. The maximum absolute atomic E-state index is 2.54. The number of hydrogen-bond donors (Lipinski definition) is 0. The molecule has 0 aromatic carbocycles. The molecule has 0 heteroatoms. The summed E-state index contributed by atoms with van der Waals surface area (Å²) in [6.45, 7) is 4.68. The molecule has 0 spiro atoms. The molecule has 0 N–H and O–H groups in total. The zero-order valence-corrected chi connectivity index (χ0v) is 9.60. The van der Waals surface area contributed by atoms with Crippen LogP contribution in [0.25, 0.3) is 0 Å². The zero-order valence-electron chi connectivity index (χ0n) is 9.60. The minimum atomic E-state index is 0.938. The highest BCUT2D eigenvalue weighted by molar-refractivity contribution is 5.33. The second kappa shape index (κ2) is 4.33. The zero-order chi connectivity index (χ0) is 9.97. The molecule has 14 heavy (non-hydrogen) atoms. The maximum atomic E-state index is 2.54. The molecule has 2 aliphatic carbocycles. The van der Waals surface area contributed by atoms with Gasteiger partial charge in [0.1, 0.15) is 0 Å². The molecule has 0 nitrogen and oxygen atoms in total. The summed E-state index contributed by atoms with van der Waals surface area (Å²) >= 11 is 0. The van der Waals surface area contributed by atoms with Crippen molar-refractivity contribution < 1.29 is 0 Å². The third-order valence-corrected chi connectivity index (χ3v) is 3.75. The third kappa shape index (κ3) is 2.10. The standard InChI is InChI=1S/C14H22/c1-3-13-5-4-6-14(13)10-12-8-7-11(2)9-12/h10-11H,3-9H2,1-2H3/b12-10-/t11-/m0/s1. The highest BCUT2D eigenvalue weighted by atomic mass is 14.2. The summed E-state index contributed by atoms with van der Waals surface area (Å²) in [6, 6.07) is 0. The van der Waals surface area contributed by atoms with Crippen LogP contribution in [-0.2, 0) is 0 Å². The lowest BCUT2D eigenvalue weighted by atomic mass is 10.0. The van der Waals surface area contributed by atoms with E-state index in [1.54, 1.807) is 16.7 Å². The molecule has 2 rings (SSSR count). The lowest BCUT2D eigenvalue weighted by molar-refractivity contribution is 0.620. The highest BCUT2D eigenvalue weighted by Gasteiger charge is 2.17. The van der Waals surface area contributed by atoms with Crippen LogP contribution in [0.1, 0.15) is 58.8 Å². The van der Waals surface area contributed by atoms with Crippen LogP contribution in [0.5, 0.6) is 0 Å². The Balaban J connectivity index is 2.09. The summed E-state index contributed by atoms with van der Waals surface area (Å²) < 4.78 is 0. The molecule has 0 aromatic heterocycles. The number of rotatable bonds is 2. The van der Waals surface area contributed by atoms with Crippen molar-refractivity contribution in [2.45, 2.75) is 58.8 Å². The Bertz CT molecular complexity index is 268. The molecule has 1 fully saturated rings. The average Bonchev–Trinajstić information content (AvgIpc) is 2.76. The van der Waals surface area contributed by atoms with E-state index in [9.17, 15) is 0 Å². The molecular formula is C14H22. The Morgan fingerprint density at radius 2 is 2.14 bits per heavy atom. The fourth-order valence-corrected chi connectivity index (χ4v) is 2.87. The van der Waals surface area contributed by atoms with Gasteiger partial charge in [-0.15, -0.1) is 0 Å². The first-order valence-corrected chi connectivity index (χ1v) is 6.20. The molecule has 0 amide bonds. The van der Waals surface area contributed by atoms with E-state index < -0.39 is 0 Å². The van der Waals surface area contributed by atoms with Gasteiger partial charge in [0.15, 0.2) is 0 Å². The van der Waals surface area contributed by atoms with E-state index in [1.807, 2.05) is 0 Å². The first-order chi connectivity index (χ1) is 6.79. The van der Waals surface area contributed by atoms with Crippen molar-refractivity contribution in [3.63, 3.8) is 0 Å². The summed E-state index contributed by atoms with van der Waals surface area (Å²) in [4.78, 5) is 0. The molecule has 0 radical (unpaired) electrons. The summed E-state index contributed by atoms with van der Waals surface area (Å²) in [6.07, 6.45) is 12.1. The van der Waals surface area contributed by atoms with Gasteiger partial charge in [0, 0.05) is 0 Å². The molecule has 0 aliphatic heterocycles. The summed E-state index contributed by atoms with van der Waals surface area (Å²) in [7, 11) is 0. The van der Waals surface area contributed by atoms with Gasteiger partial charge in [0.05, 0.1) is 0 Å². The lowest BCUT2D eigenvalue weighted by Crippen LogP contribution is -1.83. The molecular weight excluding hydrogens is 168 g/mol. The molecule has 1 saturated carbocycles. The topological polar surface area (TPSA) is 0 Å². The Labute approximate surface area is 88.1 Å². The summed E-state index contributed by atoms with van der Waals surface area (Å²) in [5, 5.41) is 0. The van der Waals surface area contributed by atoms with Crippen LogP contribution >= 0.6 is 0 Å². The second-order valence-electron chi connectivity index (χ2n) is 4.99. The van der Waals surface area contributed by atoms with Crippen molar-refractivity contribution in [2.75, 3.05) is 0 Å². The minimum Gasteiger partial charge on any atom is -0.0697 e. The van der Waals surface area contributed by atoms with Gasteiger partial charge >= 0.3 is 0 Å². The van der Waals surface area contributed by atoms with Crippen LogP contribution < -0.4 is 0 Å². The van der Waals surface area contributed by atoms with Gasteiger partial charge in [-0.25, -0.2) is 0 Å². The van der Waals surface area contributed by atoms with E-state index in [0.29, 0.717) is 0 Å². The lowest BCUT2D eigenvalue weighted by Gasteiger charge is -2.02. The quantitative estimate of drug-likeness (QED) is 0.596. The third-order valence-electron chi connectivity index (χ3n) is 3.75. The van der Waals surface area contributed by atoms with E-state index in [4.69, 9.17) is 0 Å². The smallest absolute Gasteiger partial charge is 0.0276 e. The van der Waals surface area contributed by atoms with Gasteiger partial charge in [0.2, 0.25) is 0 Å². The van der Waals surface area contributed by atoms with Crippen molar-refractivity contribution >= 4 is 0 Å². The van der Waals surface area contributed by atoms with Gasteiger partial charge in [-0.3, -0.25) is 0 Å². The number of hydrogen-bond acceptors (Lipinski definition) is 0. The molecule has 0 saturated heterocycles. The van der Waals surface area contributed by atoms with E-state index in [1.165, 1.54) is 44.9 Å². The van der Waals surface area contributed by atoms with Crippen LogP contribution in [0.3, 0.4) is 0 Å². The molecule has 0 aromatic rings.